The van der Waals surface area contributed by atoms with E-state index in [-0.39, 0.29) is 23.0 Å². The molecule has 0 unspecified atom stereocenters. The van der Waals surface area contributed by atoms with E-state index < -0.39 is 17.6 Å². The summed E-state index contributed by atoms with van der Waals surface area (Å²) in [5, 5.41) is 11.8. The fourth-order valence-corrected chi connectivity index (χ4v) is 1.71. The Bertz CT molecular complexity index is 670. The zero-order chi connectivity index (χ0) is 15.6. The number of nitrogens with zero attached hydrogens (tertiary/aromatic N) is 2. The minimum Gasteiger partial charge on any atom is -0.476 e. The van der Waals surface area contributed by atoms with Crippen LogP contribution in [0.3, 0.4) is 0 Å². The molecule has 7 heteroatoms. The first-order valence-electron chi connectivity index (χ1n) is 6.20. The number of carboxylic acids is 1. The van der Waals surface area contributed by atoms with Crippen LogP contribution in [0.15, 0.2) is 24.4 Å². The van der Waals surface area contributed by atoms with Crippen molar-refractivity contribution in [2.45, 2.75) is 19.8 Å². The summed E-state index contributed by atoms with van der Waals surface area (Å²) in [7, 11) is 0. The zero-order valence-corrected chi connectivity index (χ0v) is 11.4. The molecule has 1 aromatic heterocycles. The van der Waals surface area contributed by atoms with Crippen molar-refractivity contribution in [1.82, 2.24) is 9.97 Å². The lowest BCUT2D eigenvalue weighted by Gasteiger charge is -2.11. The molecule has 0 aliphatic heterocycles. The van der Waals surface area contributed by atoms with Crippen LogP contribution < -0.4 is 5.32 Å². The summed E-state index contributed by atoms with van der Waals surface area (Å²) in [6.07, 6.45) is 1.29. The Hall–Kier alpha value is -2.57. The van der Waals surface area contributed by atoms with Crippen LogP contribution in [-0.2, 0) is 0 Å². The van der Waals surface area contributed by atoms with Gasteiger partial charge in [-0.3, -0.25) is 0 Å². The normalized spacial score (nSPS) is 10.7. The maximum atomic E-state index is 13.1. The topological polar surface area (TPSA) is 75.1 Å². The van der Waals surface area contributed by atoms with E-state index in [1.54, 1.807) is 0 Å². The second-order valence-electron chi connectivity index (χ2n) is 4.73. The number of hydrogen-bond acceptors (Lipinski definition) is 4. The predicted octanol–water partition coefficient (Wildman–Crippen LogP) is 3.32. The van der Waals surface area contributed by atoms with Crippen molar-refractivity contribution in [2.24, 2.45) is 0 Å². The highest BCUT2D eigenvalue weighted by Crippen LogP contribution is 2.22. The summed E-state index contributed by atoms with van der Waals surface area (Å²) < 4.78 is 26.3. The highest BCUT2D eigenvalue weighted by molar-refractivity contribution is 5.92. The van der Waals surface area contributed by atoms with Gasteiger partial charge in [0, 0.05) is 17.7 Å². The van der Waals surface area contributed by atoms with E-state index in [2.05, 4.69) is 15.3 Å². The molecule has 1 heterocycles. The molecular weight excluding hydrogens is 280 g/mol. The molecule has 110 valence electrons. The minimum atomic E-state index is -1.25. The number of aromatic nitrogens is 2. The monoisotopic (exact) mass is 293 g/mol. The molecule has 0 aliphatic carbocycles. The van der Waals surface area contributed by atoms with Gasteiger partial charge in [0.15, 0.2) is 5.69 Å². The molecule has 0 radical (unpaired) electrons. The molecule has 1 aromatic carbocycles. The molecule has 2 N–H and O–H groups in total. The first-order valence-corrected chi connectivity index (χ1v) is 6.20. The van der Waals surface area contributed by atoms with Crippen LogP contribution in [0.5, 0.6) is 0 Å². The molecule has 21 heavy (non-hydrogen) atoms. The Balaban J connectivity index is 2.41. The Labute approximate surface area is 119 Å². The lowest BCUT2D eigenvalue weighted by molar-refractivity contribution is 0.0691. The summed E-state index contributed by atoms with van der Waals surface area (Å²) in [4.78, 5) is 19.2. The van der Waals surface area contributed by atoms with E-state index in [9.17, 15) is 18.7 Å². The van der Waals surface area contributed by atoms with Crippen molar-refractivity contribution in [3.05, 3.63) is 47.5 Å². The van der Waals surface area contributed by atoms with Crippen LogP contribution in [-0.4, -0.2) is 21.0 Å². The van der Waals surface area contributed by atoms with E-state index in [1.165, 1.54) is 6.20 Å². The predicted molar refractivity (Wildman–Crippen MR) is 72.7 cm³/mol. The number of benzene rings is 1. The van der Waals surface area contributed by atoms with Crippen molar-refractivity contribution >= 4 is 17.3 Å². The number of carboxylic acid groups (broad SMARTS) is 1. The second-order valence-corrected chi connectivity index (χ2v) is 4.73. The molecule has 2 rings (SSSR count). The van der Waals surface area contributed by atoms with Crippen molar-refractivity contribution in [2.75, 3.05) is 5.32 Å². The standard InChI is InChI=1S/C14H13F2N3O2/c1-7(2)13-17-6-11(12(19-13)14(20)21)18-10-4-8(15)3-9(16)5-10/h3-7,18H,1-2H3,(H,20,21). The minimum absolute atomic E-state index is 0.0382. The number of rotatable bonds is 4. The first-order chi connectivity index (χ1) is 9.86. The van der Waals surface area contributed by atoms with Crippen molar-refractivity contribution in [3.63, 3.8) is 0 Å². The van der Waals surface area contributed by atoms with Gasteiger partial charge in [-0.15, -0.1) is 0 Å². The van der Waals surface area contributed by atoms with Gasteiger partial charge in [-0.05, 0) is 12.1 Å². The highest BCUT2D eigenvalue weighted by atomic mass is 19.1. The Morgan fingerprint density at radius 1 is 1.24 bits per heavy atom. The lowest BCUT2D eigenvalue weighted by Crippen LogP contribution is -2.10. The van der Waals surface area contributed by atoms with Crippen LogP contribution in [0.1, 0.15) is 36.1 Å². The van der Waals surface area contributed by atoms with Crippen LogP contribution >= 0.6 is 0 Å². The van der Waals surface area contributed by atoms with E-state index in [4.69, 9.17) is 0 Å². The SMILES string of the molecule is CC(C)c1ncc(Nc2cc(F)cc(F)c2)c(C(=O)O)n1. The Morgan fingerprint density at radius 2 is 1.86 bits per heavy atom. The van der Waals surface area contributed by atoms with Gasteiger partial charge in [0.05, 0.1) is 11.9 Å². The third-order valence-corrected chi connectivity index (χ3v) is 2.67. The second kappa shape index (κ2) is 5.82. The molecule has 0 aliphatic rings. The van der Waals surface area contributed by atoms with Crippen LogP contribution in [0.4, 0.5) is 20.2 Å². The molecule has 0 fully saturated rings. The van der Waals surface area contributed by atoms with Gasteiger partial charge in [0.1, 0.15) is 17.5 Å². The number of carbonyl (C=O) groups is 1. The molecule has 0 bridgehead atoms. The Morgan fingerprint density at radius 3 is 2.38 bits per heavy atom. The summed E-state index contributed by atoms with van der Waals surface area (Å²) in [6, 6.07) is 2.82. The van der Waals surface area contributed by atoms with E-state index in [0.717, 1.165) is 18.2 Å². The molecule has 2 aromatic rings. The van der Waals surface area contributed by atoms with Gasteiger partial charge >= 0.3 is 5.97 Å². The first kappa shape index (κ1) is 14.8. The van der Waals surface area contributed by atoms with Gasteiger partial charge in [0.25, 0.3) is 0 Å². The van der Waals surface area contributed by atoms with E-state index >= 15 is 0 Å². The lowest BCUT2D eigenvalue weighted by atomic mass is 10.2. The molecule has 0 atom stereocenters. The largest absolute Gasteiger partial charge is 0.476 e. The van der Waals surface area contributed by atoms with Crippen molar-refractivity contribution in [1.29, 1.82) is 0 Å². The smallest absolute Gasteiger partial charge is 0.356 e. The maximum absolute atomic E-state index is 13.1. The number of halogens is 2. The molecule has 0 saturated heterocycles. The number of hydrogen-bond donors (Lipinski definition) is 2. The highest BCUT2D eigenvalue weighted by Gasteiger charge is 2.16. The van der Waals surface area contributed by atoms with Crippen molar-refractivity contribution < 1.29 is 18.7 Å². The van der Waals surface area contributed by atoms with Crippen LogP contribution in [0.2, 0.25) is 0 Å². The zero-order valence-electron chi connectivity index (χ0n) is 11.4. The van der Waals surface area contributed by atoms with Gasteiger partial charge in [-0.25, -0.2) is 23.5 Å². The summed E-state index contributed by atoms with van der Waals surface area (Å²) >= 11 is 0. The summed E-state index contributed by atoms with van der Waals surface area (Å²) in [6.45, 7) is 3.66. The number of aromatic carboxylic acids is 1. The van der Waals surface area contributed by atoms with Crippen LogP contribution in [0, 0.1) is 11.6 Å². The summed E-state index contributed by atoms with van der Waals surface area (Å²) in [5.41, 5.74) is -0.105. The Kier molecular flexibility index (Phi) is 4.11. The fourth-order valence-electron chi connectivity index (χ4n) is 1.71. The maximum Gasteiger partial charge on any atom is 0.356 e. The molecule has 0 spiro atoms. The van der Waals surface area contributed by atoms with Gasteiger partial charge in [0.2, 0.25) is 0 Å². The van der Waals surface area contributed by atoms with Crippen molar-refractivity contribution in [3.8, 4) is 0 Å². The van der Waals surface area contributed by atoms with Gasteiger partial charge in [-0.2, -0.15) is 0 Å². The third kappa shape index (κ3) is 3.50. The summed E-state index contributed by atoms with van der Waals surface area (Å²) in [5.74, 6) is -2.45. The fraction of sp³-hybridized carbons (Fsp3) is 0.214. The number of nitrogens with one attached hydrogen (secondary N) is 1. The van der Waals surface area contributed by atoms with Gasteiger partial charge in [-0.1, -0.05) is 13.8 Å². The van der Waals surface area contributed by atoms with Gasteiger partial charge < -0.3 is 10.4 Å². The quantitative estimate of drug-likeness (QED) is 0.904. The number of anilines is 2. The molecular formula is C14H13F2N3O2. The third-order valence-electron chi connectivity index (χ3n) is 2.67. The molecule has 0 amide bonds. The average molecular weight is 293 g/mol. The molecule has 0 saturated carbocycles. The average Bonchev–Trinajstić information content (AvgIpc) is 2.37. The van der Waals surface area contributed by atoms with Crippen LogP contribution in [0.25, 0.3) is 0 Å². The van der Waals surface area contributed by atoms with E-state index in [0.29, 0.717) is 5.82 Å². The van der Waals surface area contributed by atoms with E-state index in [1.807, 2.05) is 13.8 Å². The molecule has 5 nitrogen and oxygen atoms in total.